The summed E-state index contributed by atoms with van der Waals surface area (Å²) in [7, 11) is -2.35. The Kier molecular flexibility index (Phi) is 5.38. The van der Waals surface area contributed by atoms with Gasteiger partial charge in [-0.15, -0.1) is 0 Å². The zero-order valence-electron chi connectivity index (χ0n) is 13.1. The van der Waals surface area contributed by atoms with Crippen molar-refractivity contribution in [3.63, 3.8) is 0 Å². The molecule has 23 heavy (non-hydrogen) atoms. The number of sulfonamides is 1. The van der Waals surface area contributed by atoms with Gasteiger partial charge in [-0.25, -0.2) is 13.2 Å². The average Bonchev–Trinajstić information content (AvgIpc) is 2.55. The number of alkyl carbamates (subject to hydrolysis) is 1. The minimum Gasteiger partial charge on any atom is -0.453 e. The van der Waals surface area contributed by atoms with Gasteiger partial charge in [-0.3, -0.25) is 4.79 Å². The van der Waals surface area contributed by atoms with Crippen LogP contribution in [-0.2, 0) is 14.8 Å². The first-order chi connectivity index (χ1) is 10.8. The third-order valence-corrected chi connectivity index (χ3v) is 5.73. The van der Waals surface area contributed by atoms with E-state index in [2.05, 4.69) is 10.1 Å². The maximum absolute atomic E-state index is 12.6. The molecule has 0 aromatic heterocycles. The number of nitrogens with one attached hydrogen (secondary N) is 1. The van der Waals surface area contributed by atoms with E-state index >= 15 is 0 Å². The van der Waals surface area contributed by atoms with Crippen LogP contribution in [-0.4, -0.2) is 50.8 Å². The number of ketones is 1. The minimum absolute atomic E-state index is 0.0996. The Bertz CT molecular complexity index is 694. The van der Waals surface area contributed by atoms with Gasteiger partial charge in [-0.1, -0.05) is 12.1 Å². The van der Waals surface area contributed by atoms with Gasteiger partial charge in [0.1, 0.15) is 0 Å². The average molecular weight is 340 g/mol. The monoisotopic (exact) mass is 340 g/mol. The number of carbonyl (C=O) groups is 2. The number of methoxy groups -OCH3 is 1. The molecule has 0 spiro atoms. The summed E-state index contributed by atoms with van der Waals surface area (Å²) in [5.41, 5.74) is 0.369. The van der Waals surface area contributed by atoms with Gasteiger partial charge in [0, 0.05) is 24.7 Å². The van der Waals surface area contributed by atoms with E-state index in [0.29, 0.717) is 31.5 Å². The molecule has 1 aliphatic rings. The molecule has 1 N–H and O–H groups in total. The summed E-state index contributed by atoms with van der Waals surface area (Å²) in [5.74, 6) is -0.178. The van der Waals surface area contributed by atoms with Gasteiger partial charge in [0.25, 0.3) is 0 Å². The molecule has 0 saturated carbocycles. The van der Waals surface area contributed by atoms with Crippen LogP contribution in [0.5, 0.6) is 0 Å². The van der Waals surface area contributed by atoms with Gasteiger partial charge >= 0.3 is 6.09 Å². The molecule has 0 aliphatic carbocycles. The van der Waals surface area contributed by atoms with Crippen LogP contribution in [0.15, 0.2) is 29.2 Å². The standard InChI is InChI=1S/C15H20N2O5S/c1-11(18)12-4-3-5-14(10-12)23(20,21)17-8-6-13(7-9-17)16-15(19)22-2/h3-5,10,13H,6-9H2,1-2H3,(H,16,19). The highest BCUT2D eigenvalue weighted by atomic mass is 32.2. The number of amides is 1. The van der Waals surface area contributed by atoms with Crippen LogP contribution in [0.1, 0.15) is 30.1 Å². The van der Waals surface area contributed by atoms with Crippen molar-refractivity contribution in [2.45, 2.75) is 30.7 Å². The minimum atomic E-state index is -3.64. The van der Waals surface area contributed by atoms with E-state index < -0.39 is 16.1 Å². The van der Waals surface area contributed by atoms with E-state index in [0.717, 1.165) is 0 Å². The van der Waals surface area contributed by atoms with Crippen LogP contribution in [0.3, 0.4) is 0 Å². The van der Waals surface area contributed by atoms with Crippen LogP contribution in [0.4, 0.5) is 4.79 Å². The number of carbonyl (C=O) groups excluding carboxylic acids is 2. The fourth-order valence-corrected chi connectivity index (χ4v) is 4.01. The Morgan fingerprint density at radius 2 is 1.91 bits per heavy atom. The largest absolute Gasteiger partial charge is 0.453 e. The number of ether oxygens (including phenoxy) is 1. The lowest BCUT2D eigenvalue weighted by Gasteiger charge is -2.31. The van der Waals surface area contributed by atoms with Crippen molar-refractivity contribution in [2.75, 3.05) is 20.2 Å². The summed E-state index contributed by atoms with van der Waals surface area (Å²) in [4.78, 5) is 22.7. The summed E-state index contributed by atoms with van der Waals surface area (Å²) >= 11 is 0. The zero-order chi connectivity index (χ0) is 17.0. The normalized spacial score (nSPS) is 16.8. The van der Waals surface area contributed by atoms with E-state index in [9.17, 15) is 18.0 Å². The van der Waals surface area contributed by atoms with Crippen molar-refractivity contribution in [3.8, 4) is 0 Å². The molecule has 126 valence electrons. The third kappa shape index (κ3) is 4.08. The molecule has 1 fully saturated rings. The molecule has 1 amide bonds. The quantitative estimate of drug-likeness (QED) is 0.836. The first-order valence-corrected chi connectivity index (χ1v) is 8.74. The second kappa shape index (κ2) is 7.10. The molecule has 0 radical (unpaired) electrons. The molecule has 1 aromatic carbocycles. The summed E-state index contributed by atoms with van der Waals surface area (Å²) in [6.45, 7) is 2.01. The summed E-state index contributed by atoms with van der Waals surface area (Å²) in [6.07, 6.45) is 0.516. The number of rotatable bonds is 4. The number of nitrogens with zero attached hydrogens (tertiary/aromatic N) is 1. The lowest BCUT2D eigenvalue weighted by atomic mass is 10.1. The number of hydrogen-bond acceptors (Lipinski definition) is 5. The number of piperidine rings is 1. The molecule has 8 heteroatoms. The molecule has 0 bridgehead atoms. The van der Waals surface area contributed by atoms with Gasteiger partial charge in [0.05, 0.1) is 12.0 Å². The zero-order valence-corrected chi connectivity index (χ0v) is 13.9. The van der Waals surface area contributed by atoms with Crippen LogP contribution in [0, 0.1) is 0 Å². The lowest BCUT2D eigenvalue weighted by molar-refractivity contribution is 0.101. The predicted octanol–water partition coefficient (Wildman–Crippen LogP) is 1.40. The van der Waals surface area contributed by atoms with Crippen LogP contribution < -0.4 is 5.32 Å². The summed E-state index contributed by atoms with van der Waals surface area (Å²) < 4.78 is 31.2. The molecule has 7 nitrogen and oxygen atoms in total. The highest BCUT2D eigenvalue weighted by Crippen LogP contribution is 2.21. The Balaban J connectivity index is 2.09. The Morgan fingerprint density at radius 1 is 1.26 bits per heavy atom. The molecule has 0 atom stereocenters. The first kappa shape index (κ1) is 17.4. The Morgan fingerprint density at radius 3 is 2.48 bits per heavy atom. The van der Waals surface area contributed by atoms with E-state index in [4.69, 9.17) is 0 Å². The number of benzene rings is 1. The van der Waals surface area contributed by atoms with E-state index in [1.54, 1.807) is 12.1 Å². The van der Waals surface area contributed by atoms with Crippen LogP contribution in [0.2, 0.25) is 0 Å². The van der Waals surface area contributed by atoms with Crippen molar-refractivity contribution in [3.05, 3.63) is 29.8 Å². The van der Waals surface area contributed by atoms with Gasteiger partial charge in [-0.05, 0) is 31.9 Å². The smallest absolute Gasteiger partial charge is 0.407 e. The maximum atomic E-state index is 12.6. The molecule has 1 aromatic rings. The molecule has 0 unspecified atom stereocenters. The van der Waals surface area contributed by atoms with Crippen molar-refractivity contribution < 1.29 is 22.7 Å². The van der Waals surface area contributed by atoms with Crippen LogP contribution in [0.25, 0.3) is 0 Å². The molecular weight excluding hydrogens is 320 g/mol. The fourth-order valence-electron chi connectivity index (χ4n) is 2.49. The second-order valence-corrected chi connectivity index (χ2v) is 7.34. The van der Waals surface area contributed by atoms with E-state index in [-0.39, 0.29) is 16.7 Å². The SMILES string of the molecule is COC(=O)NC1CCN(S(=O)(=O)c2cccc(C(C)=O)c2)CC1. The Hall–Kier alpha value is -1.93. The number of Topliss-reactive ketones (excluding diaryl/α,β-unsaturated/α-hetero) is 1. The molecular formula is C15H20N2O5S. The van der Waals surface area contributed by atoms with Crippen molar-refractivity contribution in [1.29, 1.82) is 0 Å². The summed E-state index contributed by atoms with van der Waals surface area (Å²) in [5, 5.41) is 2.68. The predicted molar refractivity (Wildman–Crippen MR) is 83.8 cm³/mol. The lowest BCUT2D eigenvalue weighted by Crippen LogP contribution is -2.46. The second-order valence-electron chi connectivity index (χ2n) is 5.40. The van der Waals surface area contributed by atoms with Crippen LogP contribution >= 0.6 is 0 Å². The topological polar surface area (TPSA) is 92.8 Å². The molecule has 1 heterocycles. The maximum Gasteiger partial charge on any atom is 0.407 e. The van der Waals surface area contributed by atoms with Gasteiger partial charge in [-0.2, -0.15) is 4.31 Å². The van der Waals surface area contributed by atoms with Gasteiger partial charge < -0.3 is 10.1 Å². The highest BCUT2D eigenvalue weighted by molar-refractivity contribution is 7.89. The molecule has 1 saturated heterocycles. The number of hydrogen-bond donors (Lipinski definition) is 1. The van der Waals surface area contributed by atoms with Gasteiger partial charge in [0.15, 0.2) is 5.78 Å². The molecule has 2 rings (SSSR count). The molecule has 1 aliphatic heterocycles. The van der Waals surface area contributed by atoms with E-state index in [1.807, 2.05) is 0 Å². The van der Waals surface area contributed by atoms with Crippen molar-refractivity contribution in [1.82, 2.24) is 9.62 Å². The van der Waals surface area contributed by atoms with Crippen molar-refractivity contribution in [2.24, 2.45) is 0 Å². The fraction of sp³-hybridized carbons (Fsp3) is 0.467. The Labute approximate surface area is 135 Å². The van der Waals surface area contributed by atoms with E-state index in [1.165, 1.54) is 30.5 Å². The highest BCUT2D eigenvalue weighted by Gasteiger charge is 2.30. The van der Waals surface area contributed by atoms with Gasteiger partial charge in [0.2, 0.25) is 10.0 Å². The first-order valence-electron chi connectivity index (χ1n) is 7.30. The third-order valence-electron chi connectivity index (χ3n) is 3.84. The van der Waals surface area contributed by atoms with Crippen molar-refractivity contribution >= 4 is 21.9 Å². The summed E-state index contributed by atoms with van der Waals surface area (Å²) in [6, 6.07) is 5.94.